The van der Waals surface area contributed by atoms with Crippen LogP contribution in [0, 0.1) is 0 Å². The van der Waals surface area contributed by atoms with Crippen molar-refractivity contribution in [2.75, 3.05) is 0 Å². The molecule has 0 fully saturated rings. The lowest BCUT2D eigenvalue weighted by Crippen LogP contribution is -2.05. The zero-order valence-electron chi connectivity index (χ0n) is 8.92. The van der Waals surface area contributed by atoms with Crippen LogP contribution in [0.25, 0.3) is 0 Å². The lowest BCUT2D eigenvalue weighted by Gasteiger charge is -2.08. The van der Waals surface area contributed by atoms with Crippen LogP contribution in [0.5, 0.6) is 0 Å². The summed E-state index contributed by atoms with van der Waals surface area (Å²) in [6.07, 6.45) is -1.80. The molecule has 1 aromatic carbocycles. The van der Waals surface area contributed by atoms with E-state index in [2.05, 4.69) is 4.99 Å². The van der Waals surface area contributed by atoms with Gasteiger partial charge >= 0.3 is 6.18 Å². The second-order valence-corrected chi connectivity index (χ2v) is 3.74. The summed E-state index contributed by atoms with van der Waals surface area (Å²) in [4.78, 5) is 3.86. The number of halogens is 4. The zero-order valence-corrected chi connectivity index (χ0v) is 9.68. The second-order valence-electron chi connectivity index (χ2n) is 3.33. The molecule has 1 rings (SSSR count). The minimum absolute atomic E-state index is 0.169. The summed E-state index contributed by atoms with van der Waals surface area (Å²) in [5.41, 5.74) is 5.12. The average Bonchev–Trinajstić information content (AvgIpc) is 2.26. The fourth-order valence-corrected chi connectivity index (χ4v) is 1.25. The first-order chi connectivity index (χ1) is 7.84. The summed E-state index contributed by atoms with van der Waals surface area (Å²) >= 11 is 5.47. The van der Waals surface area contributed by atoms with Gasteiger partial charge in [0, 0.05) is 6.21 Å². The molecule has 6 heteroatoms. The number of alkyl halides is 3. The number of hydrogen-bond acceptors (Lipinski definition) is 2. The van der Waals surface area contributed by atoms with E-state index in [9.17, 15) is 13.2 Å². The first kappa shape index (κ1) is 13.6. The van der Waals surface area contributed by atoms with Crippen LogP contribution in [0.1, 0.15) is 12.5 Å². The van der Waals surface area contributed by atoms with E-state index in [0.29, 0.717) is 5.57 Å². The number of rotatable bonds is 2. The van der Waals surface area contributed by atoms with Gasteiger partial charge < -0.3 is 5.73 Å². The summed E-state index contributed by atoms with van der Waals surface area (Å²) in [5, 5.41) is -0.345. The Kier molecular flexibility index (Phi) is 4.17. The van der Waals surface area contributed by atoms with Crippen LogP contribution in [0.3, 0.4) is 0 Å². The number of allylic oxidation sites excluding steroid dienone is 1. The van der Waals surface area contributed by atoms with Crippen LogP contribution < -0.4 is 5.73 Å². The van der Waals surface area contributed by atoms with Crippen molar-refractivity contribution in [3.8, 4) is 0 Å². The fourth-order valence-electron chi connectivity index (χ4n) is 1.03. The molecule has 0 aliphatic rings. The maximum atomic E-state index is 12.5. The highest BCUT2D eigenvalue weighted by atomic mass is 35.5. The quantitative estimate of drug-likeness (QED) is 0.806. The van der Waals surface area contributed by atoms with Gasteiger partial charge in [0.1, 0.15) is 0 Å². The number of nitrogens with zero attached hydrogens (tertiary/aromatic N) is 1. The van der Waals surface area contributed by atoms with Crippen LogP contribution in [0.2, 0.25) is 5.02 Å². The largest absolute Gasteiger partial charge is 0.417 e. The molecule has 0 radical (unpaired) electrons. The first-order valence-electron chi connectivity index (χ1n) is 4.64. The third kappa shape index (κ3) is 3.78. The molecule has 0 unspecified atom stereocenters. The van der Waals surface area contributed by atoms with Crippen LogP contribution in [0.15, 0.2) is 35.0 Å². The zero-order chi connectivity index (χ0) is 13.1. The molecule has 1 aromatic rings. The van der Waals surface area contributed by atoms with Gasteiger partial charge in [-0.25, -0.2) is 0 Å². The number of nitrogens with two attached hydrogens (primary N) is 1. The Bertz CT molecular complexity index is 464. The highest BCUT2D eigenvalue weighted by Gasteiger charge is 2.33. The van der Waals surface area contributed by atoms with Gasteiger partial charge in [0.25, 0.3) is 0 Å². The summed E-state index contributed by atoms with van der Waals surface area (Å²) in [5.74, 6) is 0. The van der Waals surface area contributed by atoms with Crippen LogP contribution in [-0.4, -0.2) is 6.21 Å². The van der Waals surface area contributed by atoms with Gasteiger partial charge in [0.2, 0.25) is 0 Å². The Hall–Kier alpha value is -1.49. The Balaban J connectivity index is 3.10. The van der Waals surface area contributed by atoms with E-state index >= 15 is 0 Å². The molecule has 17 heavy (non-hydrogen) atoms. The lowest BCUT2D eigenvalue weighted by atomic mass is 10.2. The van der Waals surface area contributed by atoms with Crippen molar-refractivity contribution >= 4 is 23.5 Å². The Morgan fingerprint density at radius 3 is 2.59 bits per heavy atom. The first-order valence-corrected chi connectivity index (χ1v) is 5.01. The van der Waals surface area contributed by atoms with E-state index in [1.807, 2.05) is 0 Å². The van der Waals surface area contributed by atoms with E-state index in [-0.39, 0.29) is 10.7 Å². The molecule has 0 aliphatic heterocycles. The Morgan fingerprint density at radius 2 is 2.06 bits per heavy atom. The molecule has 0 atom stereocenters. The molecule has 0 bridgehead atoms. The van der Waals surface area contributed by atoms with Gasteiger partial charge in [-0.15, -0.1) is 0 Å². The van der Waals surface area contributed by atoms with Crippen molar-refractivity contribution in [1.82, 2.24) is 0 Å². The van der Waals surface area contributed by atoms with E-state index in [1.165, 1.54) is 24.5 Å². The number of aliphatic imine (C=N–C) groups is 1. The van der Waals surface area contributed by atoms with Gasteiger partial charge in [-0.2, -0.15) is 13.2 Å². The lowest BCUT2D eigenvalue weighted by molar-refractivity contribution is -0.137. The second kappa shape index (κ2) is 5.23. The molecular weight excluding hydrogens is 253 g/mol. The molecule has 0 amide bonds. The van der Waals surface area contributed by atoms with Crippen molar-refractivity contribution < 1.29 is 13.2 Å². The molecule has 92 valence electrons. The number of benzene rings is 1. The Labute approximate surface area is 102 Å². The normalized spacial score (nSPS) is 13.4. The maximum Gasteiger partial charge on any atom is 0.417 e. The summed E-state index contributed by atoms with van der Waals surface area (Å²) in [6.45, 7) is 1.68. The summed E-state index contributed by atoms with van der Waals surface area (Å²) in [7, 11) is 0. The molecule has 0 saturated carbocycles. The third-order valence-electron chi connectivity index (χ3n) is 1.94. The van der Waals surface area contributed by atoms with Crippen molar-refractivity contribution in [1.29, 1.82) is 0 Å². The van der Waals surface area contributed by atoms with Gasteiger partial charge in [0.05, 0.1) is 16.3 Å². The smallest absolute Gasteiger partial charge is 0.404 e. The van der Waals surface area contributed by atoms with E-state index in [0.717, 1.165) is 6.07 Å². The summed E-state index contributed by atoms with van der Waals surface area (Å²) < 4.78 is 37.6. The highest BCUT2D eigenvalue weighted by molar-refractivity contribution is 6.31. The predicted octanol–water partition coefficient (Wildman–Crippen LogP) is 3.92. The van der Waals surface area contributed by atoms with Crippen molar-refractivity contribution in [3.63, 3.8) is 0 Å². The molecule has 0 aromatic heterocycles. The molecule has 0 spiro atoms. The molecule has 0 heterocycles. The van der Waals surface area contributed by atoms with Gasteiger partial charge in [0.15, 0.2) is 0 Å². The minimum Gasteiger partial charge on any atom is -0.404 e. The molecule has 2 N–H and O–H groups in total. The van der Waals surface area contributed by atoms with Crippen molar-refractivity contribution in [2.24, 2.45) is 10.7 Å². The summed E-state index contributed by atoms with van der Waals surface area (Å²) in [6, 6.07) is 3.46. The number of hydrogen-bond donors (Lipinski definition) is 1. The highest BCUT2D eigenvalue weighted by Crippen LogP contribution is 2.36. The topological polar surface area (TPSA) is 38.4 Å². The Morgan fingerprint density at radius 1 is 1.41 bits per heavy atom. The SMILES string of the molecule is C/C(C=Nc1ccc(Cl)c(C(F)(F)F)c1)=C/N. The minimum atomic E-state index is -4.48. The fraction of sp³-hybridized carbons (Fsp3) is 0.182. The standard InChI is InChI=1S/C11H10ClF3N2/c1-7(5-16)6-17-8-2-3-10(12)9(4-8)11(13,14)15/h2-6H,16H2,1H3/b7-5-,17-6?. The van der Waals surface area contributed by atoms with Crippen LogP contribution in [0.4, 0.5) is 18.9 Å². The van der Waals surface area contributed by atoms with Gasteiger partial charge in [-0.3, -0.25) is 4.99 Å². The van der Waals surface area contributed by atoms with Gasteiger partial charge in [-0.05, 0) is 36.9 Å². The van der Waals surface area contributed by atoms with Crippen LogP contribution in [-0.2, 0) is 6.18 Å². The molecular formula is C11H10ClF3N2. The average molecular weight is 263 g/mol. The maximum absolute atomic E-state index is 12.5. The molecule has 0 aliphatic carbocycles. The third-order valence-corrected chi connectivity index (χ3v) is 2.27. The van der Waals surface area contributed by atoms with Gasteiger partial charge in [-0.1, -0.05) is 11.6 Å². The van der Waals surface area contributed by atoms with Crippen LogP contribution >= 0.6 is 11.6 Å². The van der Waals surface area contributed by atoms with E-state index in [1.54, 1.807) is 6.92 Å². The monoisotopic (exact) mass is 262 g/mol. The van der Waals surface area contributed by atoms with E-state index in [4.69, 9.17) is 17.3 Å². The van der Waals surface area contributed by atoms with Crippen molar-refractivity contribution in [3.05, 3.63) is 40.6 Å². The van der Waals surface area contributed by atoms with Crippen molar-refractivity contribution in [2.45, 2.75) is 13.1 Å². The molecule has 0 saturated heterocycles. The predicted molar refractivity (Wildman–Crippen MR) is 62.6 cm³/mol. The van der Waals surface area contributed by atoms with E-state index < -0.39 is 11.7 Å². The molecule has 2 nitrogen and oxygen atoms in total.